The van der Waals surface area contributed by atoms with Gasteiger partial charge in [-0.1, -0.05) is 18.2 Å². The van der Waals surface area contributed by atoms with Crippen LogP contribution in [0.4, 0.5) is 11.4 Å². The van der Waals surface area contributed by atoms with Crippen molar-refractivity contribution in [3.63, 3.8) is 0 Å². The van der Waals surface area contributed by atoms with Crippen LogP contribution in [0.2, 0.25) is 0 Å². The number of halogens is 1. The van der Waals surface area contributed by atoms with Crippen LogP contribution < -0.4 is 15.0 Å². The van der Waals surface area contributed by atoms with Gasteiger partial charge < -0.3 is 15.0 Å². The highest BCUT2D eigenvalue weighted by Gasteiger charge is 2.32. The summed E-state index contributed by atoms with van der Waals surface area (Å²) in [6, 6.07) is 14.7. The first-order chi connectivity index (χ1) is 11.0. The van der Waals surface area contributed by atoms with Gasteiger partial charge in [-0.3, -0.25) is 9.59 Å². The Morgan fingerprint density at radius 3 is 2.74 bits per heavy atom. The normalized spacial score (nSPS) is 16.3. The highest BCUT2D eigenvalue weighted by molar-refractivity contribution is 14.1. The van der Waals surface area contributed by atoms with Crippen molar-refractivity contribution < 1.29 is 14.3 Å². The third kappa shape index (κ3) is 3.47. The predicted octanol–water partition coefficient (Wildman–Crippen LogP) is 3.04. The Kier molecular flexibility index (Phi) is 4.51. The Hall–Kier alpha value is -2.09. The van der Waals surface area contributed by atoms with E-state index in [0.717, 1.165) is 3.57 Å². The third-order valence-corrected chi connectivity index (χ3v) is 4.21. The topological polar surface area (TPSA) is 58.6 Å². The molecular weight excluding hydrogens is 407 g/mol. The number of nitrogens with one attached hydrogen (secondary N) is 1. The molecule has 23 heavy (non-hydrogen) atoms. The second-order valence-electron chi connectivity index (χ2n) is 5.20. The highest BCUT2D eigenvalue weighted by atomic mass is 127. The molecule has 2 amide bonds. The number of carbonyl (C=O) groups excluding carboxylic acids is 2. The minimum atomic E-state index is -0.744. The molecule has 0 aliphatic carbocycles. The van der Waals surface area contributed by atoms with Gasteiger partial charge in [0.15, 0.2) is 6.10 Å². The first kappa shape index (κ1) is 15.8. The van der Waals surface area contributed by atoms with E-state index >= 15 is 0 Å². The Morgan fingerprint density at radius 1 is 1.22 bits per heavy atom. The molecule has 5 nitrogen and oxygen atoms in total. The Bertz CT molecular complexity index is 763. The second-order valence-corrected chi connectivity index (χ2v) is 6.45. The summed E-state index contributed by atoms with van der Waals surface area (Å²) in [5.74, 6) is 0.150. The van der Waals surface area contributed by atoms with E-state index in [9.17, 15) is 9.59 Å². The Morgan fingerprint density at radius 2 is 2.00 bits per heavy atom. The number of para-hydroxylation sites is 2. The van der Waals surface area contributed by atoms with Gasteiger partial charge in [0.2, 0.25) is 5.91 Å². The van der Waals surface area contributed by atoms with Crippen molar-refractivity contribution in [2.24, 2.45) is 0 Å². The number of anilines is 2. The fourth-order valence-corrected chi connectivity index (χ4v) is 3.00. The zero-order valence-electron chi connectivity index (χ0n) is 12.5. The number of ether oxygens (including phenoxy) is 1. The van der Waals surface area contributed by atoms with Crippen molar-refractivity contribution in [3.8, 4) is 5.75 Å². The van der Waals surface area contributed by atoms with E-state index in [0.29, 0.717) is 17.1 Å². The molecule has 118 valence electrons. The number of nitrogens with zero attached hydrogens (tertiary/aromatic N) is 1. The molecule has 6 heteroatoms. The van der Waals surface area contributed by atoms with Gasteiger partial charge in [0, 0.05) is 16.2 Å². The van der Waals surface area contributed by atoms with E-state index in [-0.39, 0.29) is 18.4 Å². The number of amides is 2. The van der Waals surface area contributed by atoms with Crippen LogP contribution in [0.25, 0.3) is 0 Å². The molecule has 0 spiro atoms. The van der Waals surface area contributed by atoms with Crippen LogP contribution in [0.5, 0.6) is 5.75 Å². The van der Waals surface area contributed by atoms with Crippen molar-refractivity contribution in [1.29, 1.82) is 0 Å². The molecule has 0 fully saturated rings. The van der Waals surface area contributed by atoms with Crippen LogP contribution in [-0.2, 0) is 9.59 Å². The zero-order chi connectivity index (χ0) is 16.4. The molecule has 3 rings (SSSR count). The predicted molar refractivity (Wildman–Crippen MR) is 96.7 cm³/mol. The quantitative estimate of drug-likeness (QED) is 0.758. The van der Waals surface area contributed by atoms with E-state index in [1.807, 2.05) is 42.5 Å². The summed E-state index contributed by atoms with van der Waals surface area (Å²) < 4.78 is 6.80. The number of fused-ring (bicyclic) bond motifs is 1. The molecule has 1 heterocycles. The minimum absolute atomic E-state index is 0.118. The van der Waals surface area contributed by atoms with Crippen LogP contribution in [0.3, 0.4) is 0 Å². The largest absolute Gasteiger partial charge is 0.476 e. The third-order valence-electron chi connectivity index (χ3n) is 3.54. The van der Waals surface area contributed by atoms with E-state index in [2.05, 4.69) is 27.9 Å². The van der Waals surface area contributed by atoms with E-state index in [1.54, 1.807) is 11.0 Å². The SMILES string of the molecule is CC(=O)N1C[C@H](C(=O)Nc2cccc(I)c2)Oc2ccccc21. The molecule has 0 unspecified atom stereocenters. The lowest BCUT2D eigenvalue weighted by Crippen LogP contribution is -2.48. The number of hydrogen-bond donors (Lipinski definition) is 1. The van der Waals surface area contributed by atoms with Crippen molar-refractivity contribution in [2.75, 3.05) is 16.8 Å². The Balaban J connectivity index is 1.81. The van der Waals surface area contributed by atoms with Gasteiger partial charge in [-0.05, 0) is 52.9 Å². The lowest BCUT2D eigenvalue weighted by Gasteiger charge is -2.33. The van der Waals surface area contributed by atoms with Crippen LogP contribution in [0.1, 0.15) is 6.92 Å². The summed E-state index contributed by atoms with van der Waals surface area (Å²) in [5.41, 5.74) is 1.40. The second kappa shape index (κ2) is 6.57. The van der Waals surface area contributed by atoms with E-state index in [1.165, 1.54) is 6.92 Å². The van der Waals surface area contributed by atoms with E-state index in [4.69, 9.17) is 4.74 Å². The lowest BCUT2D eigenvalue weighted by atomic mass is 10.1. The monoisotopic (exact) mass is 422 g/mol. The van der Waals surface area contributed by atoms with Crippen LogP contribution in [-0.4, -0.2) is 24.5 Å². The van der Waals surface area contributed by atoms with Gasteiger partial charge in [-0.25, -0.2) is 0 Å². The van der Waals surface area contributed by atoms with Gasteiger partial charge in [-0.15, -0.1) is 0 Å². The molecule has 2 aromatic carbocycles. The Labute approximate surface area is 147 Å². The standard InChI is InChI=1S/C17H15IN2O3/c1-11(21)20-10-16(23-15-8-3-2-7-14(15)20)17(22)19-13-6-4-5-12(18)9-13/h2-9,16H,10H2,1H3,(H,19,22)/t16-/m1/s1. The molecule has 0 bridgehead atoms. The van der Waals surface area contributed by atoms with Crippen LogP contribution >= 0.6 is 22.6 Å². The molecule has 1 aliphatic heterocycles. The van der Waals surface area contributed by atoms with Crippen LogP contribution in [0, 0.1) is 3.57 Å². The molecule has 0 saturated heterocycles. The average molecular weight is 422 g/mol. The van der Waals surface area contributed by atoms with Crippen molar-refractivity contribution >= 4 is 45.8 Å². The van der Waals surface area contributed by atoms with Gasteiger partial charge in [-0.2, -0.15) is 0 Å². The maximum absolute atomic E-state index is 12.5. The fraction of sp³-hybridized carbons (Fsp3) is 0.176. The highest BCUT2D eigenvalue weighted by Crippen LogP contribution is 2.33. The van der Waals surface area contributed by atoms with Crippen molar-refractivity contribution in [1.82, 2.24) is 0 Å². The summed E-state index contributed by atoms with van der Waals surface area (Å²) in [6.45, 7) is 1.68. The summed E-state index contributed by atoms with van der Waals surface area (Å²) in [4.78, 5) is 25.9. The number of carbonyl (C=O) groups is 2. The molecule has 0 saturated carbocycles. The molecule has 2 aromatic rings. The fourth-order valence-electron chi connectivity index (χ4n) is 2.46. The maximum atomic E-state index is 12.5. The van der Waals surface area contributed by atoms with Gasteiger partial charge >= 0.3 is 0 Å². The molecule has 1 N–H and O–H groups in total. The summed E-state index contributed by atoms with van der Waals surface area (Å²) in [7, 11) is 0. The molecule has 1 atom stereocenters. The smallest absolute Gasteiger partial charge is 0.267 e. The molecule has 0 aromatic heterocycles. The van der Waals surface area contributed by atoms with Gasteiger partial charge in [0.1, 0.15) is 5.75 Å². The summed E-state index contributed by atoms with van der Waals surface area (Å²) in [5, 5.41) is 2.84. The minimum Gasteiger partial charge on any atom is -0.476 e. The average Bonchev–Trinajstić information content (AvgIpc) is 2.53. The van der Waals surface area contributed by atoms with Crippen molar-refractivity contribution in [2.45, 2.75) is 13.0 Å². The van der Waals surface area contributed by atoms with Gasteiger partial charge in [0.25, 0.3) is 5.91 Å². The van der Waals surface area contributed by atoms with Crippen LogP contribution in [0.15, 0.2) is 48.5 Å². The molecule has 0 radical (unpaired) electrons. The zero-order valence-corrected chi connectivity index (χ0v) is 14.6. The van der Waals surface area contributed by atoms with Crippen molar-refractivity contribution in [3.05, 3.63) is 52.1 Å². The molecule has 1 aliphatic rings. The maximum Gasteiger partial charge on any atom is 0.267 e. The van der Waals surface area contributed by atoms with Gasteiger partial charge in [0.05, 0.1) is 12.2 Å². The van der Waals surface area contributed by atoms with E-state index < -0.39 is 6.10 Å². The first-order valence-corrected chi connectivity index (χ1v) is 8.22. The summed E-state index contributed by atoms with van der Waals surface area (Å²) in [6.07, 6.45) is -0.744. The lowest BCUT2D eigenvalue weighted by molar-refractivity contribution is -0.123. The first-order valence-electron chi connectivity index (χ1n) is 7.15. The number of rotatable bonds is 2. The number of benzene rings is 2. The summed E-state index contributed by atoms with van der Waals surface area (Å²) >= 11 is 2.18. The number of hydrogen-bond acceptors (Lipinski definition) is 3. The molecular formula is C17H15IN2O3.